The molecule has 0 aliphatic rings. The van der Waals surface area contributed by atoms with Gasteiger partial charge in [-0.25, -0.2) is 9.97 Å². The Hall–Kier alpha value is -1.14. The predicted molar refractivity (Wildman–Crippen MR) is 92.1 cm³/mol. The summed E-state index contributed by atoms with van der Waals surface area (Å²) in [5, 5.41) is 3.31. The van der Waals surface area contributed by atoms with E-state index in [1.807, 2.05) is 18.2 Å². The third-order valence-corrected chi connectivity index (χ3v) is 4.02. The average molecular weight is 415 g/mol. The van der Waals surface area contributed by atoms with Gasteiger partial charge in [-0.1, -0.05) is 29.8 Å². The quantitative estimate of drug-likeness (QED) is 0.707. The molecule has 0 spiro atoms. The summed E-state index contributed by atoms with van der Waals surface area (Å²) in [7, 11) is 0. The normalized spacial score (nSPS) is 10.5. The number of halogens is 2. The Balaban J connectivity index is 2.30. The van der Waals surface area contributed by atoms with Crippen molar-refractivity contribution in [1.82, 2.24) is 9.97 Å². The van der Waals surface area contributed by atoms with Crippen LogP contribution < -0.4 is 10.1 Å². The van der Waals surface area contributed by atoms with Crippen LogP contribution in [0, 0.1) is 0 Å². The minimum atomic E-state index is 0.592. The molecule has 0 aliphatic carbocycles. The van der Waals surface area contributed by atoms with Gasteiger partial charge < -0.3 is 10.1 Å². The van der Waals surface area contributed by atoms with Crippen molar-refractivity contribution in [3.63, 3.8) is 0 Å². The van der Waals surface area contributed by atoms with E-state index in [0.717, 1.165) is 45.5 Å². The molecule has 6 heteroatoms. The molecular weight excluding hydrogens is 398 g/mol. The molecule has 0 saturated heterocycles. The Morgan fingerprint density at radius 1 is 1.19 bits per heavy atom. The van der Waals surface area contributed by atoms with E-state index in [4.69, 9.17) is 4.74 Å². The molecule has 2 rings (SSSR count). The zero-order valence-electron chi connectivity index (χ0n) is 12.0. The smallest absolute Gasteiger partial charge is 0.227 e. The number of benzene rings is 1. The van der Waals surface area contributed by atoms with Gasteiger partial charge in [-0.05, 0) is 47.0 Å². The Labute approximate surface area is 141 Å². The third-order valence-electron chi connectivity index (χ3n) is 2.90. The van der Waals surface area contributed by atoms with Gasteiger partial charge in [0.2, 0.25) is 5.88 Å². The number of ether oxygens (including phenoxy) is 1. The zero-order valence-corrected chi connectivity index (χ0v) is 15.2. The van der Waals surface area contributed by atoms with Crippen LogP contribution in [0.25, 0.3) is 0 Å². The molecule has 0 bridgehead atoms. The highest BCUT2D eigenvalue weighted by Crippen LogP contribution is 2.33. The second-order valence-electron chi connectivity index (χ2n) is 4.46. The van der Waals surface area contributed by atoms with Crippen LogP contribution in [-0.2, 0) is 6.42 Å². The standard InChI is InChI=1S/C15H17Br2N3O/c1-3-7-18-14-11(4-2)15(20-9-19-14)21-13-6-5-10(16)8-12(13)17/h5-6,8-9H,3-4,7H2,1-2H3,(H,18,19,20). The van der Waals surface area contributed by atoms with Crippen molar-refractivity contribution in [1.29, 1.82) is 0 Å². The number of aromatic nitrogens is 2. The van der Waals surface area contributed by atoms with Crippen molar-refractivity contribution < 1.29 is 4.74 Å². The Morgan fingerprint density at radius 3 is 2.67 bits per heavy atom. The van der Waals surface area contributed by atoms with E-state index in [9.17, 15) is 0 Å². The van der Waals surface area contributed by atoms with Crippen molar-refractivity contribution in [3.8, 4) is 11.6 Å². The summed E-state index contributed by atoms with van der Waals surface area (Å²) in [6.45, 7) is 5.07. The Morgan fingerprint density at radius 2 is 2.00 bits per heavy atom. The van der Waals surface area contributed by atoms with Gasteiger partial charge in [-0.15, -0.1) is 0 Å². The molecule has 0 unspecified atom stereocenters. The van der Waals surface area contributed by atoms with Crippen molar-refractivity contribution in [2.75, 3.05) is 11.9 Å². The highest BCUT2D eigenvalue weighted by molar-refractivity contribution is 9.11. The summed E-state index contributed by atoms with van der Waals surface area (Å²) >= 11 is 6.93. The van der Waals surface area contributed by atoms with E-state index >= 15 is 0 Å². The fourth-order valence-electron chi connectivity index (χ4n) is 1.86. The van der Waals surface area contributed by atoms with Crippen LogP contribution in [0.4, 0.5) is 5.82 Å². The SMILES string of the molecule is CCCNc1ncnc(Oc2ccc(Br)cc2Br)c1CC. The number of rotatable bonds is 6. The first kappa shape index (κ1) is 16.2. The maximum atomic E-state index is 5.95. The van der Waals surface area contributed by atoms with Crippen molar-refractivity contribution in [3.05, 3.63) is 39.0 Å². The summed E-state index contributed by atoms with van der Waals surface area (Å²) in [4.78, 5) is 8.58. The molecular formula is C15H17Br2N3O. The van der Waals surface area contributed by atoms with Gasteiger partial charge in [0.1, 0.15) is 17.9 Å². The fraction of sp³-hybridized carbons (Fsp3) is 0.333. The first-order valence-electron chi connectivity index (χ1n) is 6.86. The van der Waals surface area contributed by atoms with Gasteiger partial charge in [0, 0.05) is 11.0 Å². The summed E-state index contributed by atoms with van der Waals surface area (Å²) in [6, 6.07) is 5.77. The fourth-order valence-corrected chi connectivity index (χ4v) is 2.99. The molecule has 1 heterocycles. The molecule has 2 aromatic rings. The van der Waals surface area contributed by atoms with Crippen LogP contribution in [0.5, 0.6) is 11.6 Å². The van der Waals surface area contributed by atoms with Crippen molar-refractivity contribution >= 4 is 37.7 Å². The minimum Gasteiger partial charge on any atom is -0.437 e. The monoisotopic (exact) mass is 413 g/mol. The van der Waals surface area contributed by atoms with E-state index in [1.165, 1.54) is 6.33 Å². The molecule has 0 fully saturated rings. The molecule has 1 aromatic carbocycles. The van der Waals surface area contributed by atoms with Gasteiger partial charge in [0.05, 0.1) is 10.0 Å². The molecule has 1 N–H and O–H groups in total. The summed E-state index contributed by atoms with van der Waals surface area (Å²) < 4.78 is 7.81. The van der Waals surface area contributed by atoms with Gasteiger partial charge in [0.25, 0.3) is 0 Å². The lowest BCUT2D eigenvalue weighted by Crippen LogP contribution is -2.07. The number of anilines is 1. The van der Waals surface area contributed by atoms with Crippen LogP contribution in [0.2, 0.25) is 0 Å². The lowest BCUT2D eigenvalue weighted by molar-refractivity contribution is 0.452. The van der Waals surface area contributed by atoms with Gasteiger partial charge in [-0.2, -0.15) is 0 Å². The lowest BCUT2D eigenvalue weighted by atomic mass is 10.2. The lowest BCUT2D eigenvalue weighted by Gasteiger charge is -2.14. The zero-order chi connectivity index (χ0) is 15.2. The second kappa shape index (κ2) is 7.75. The second-order valence-corrected chi connectivity index (χ2v) is 6.23. The number of nitrogens with one attached hydrogen (secondary N) is 1. The van der Waals surface area contributed by atoms with Gasteiger partial charge >= 0.3 is 0 Å². The maximum Gasteiger partial charge on any atom is 0.227 e. The van der Waals surface area contributed by atoms with E-state index < -0.39 is 0 Å². The van der Waals surface area contributed by atoms with Crippen LogP contribution >= 0.6 is 31.9 Å². The molecule has 0 amide bonds. The summed E-state index contributed by atoms with van der Waals surface area (Å²) in [6.07, 6.45) is 3.37. The molecule has 21 heavy (non-hydrogen) atoms. The number of hydrogen-bond acceptors (Lipinski definition) is 4. The first-order chi connectivity index (χ1) is 10.2. The highest BCUT2D eigenvalue weighted by Gasteiger charge is 2.13. The molecule has 0 atom stereocenters. The van der Waals surface area contributed by atoms with E-state index in [0.29, 0.717) is 5.88 Å². The Bertz CT molecular complexity index is 620. The van der Waals surface area contributed by atoms with Crippen LogP contribution in [-0.4, -0.2) is 16.5 Å². The topological polar surface area (TPSA) is 47.0 Å². The van der Waals surface area contributed by atoms with E-state index in [2.05, 4.69) is 61.0 Å². The minimum absolute atomic E-state index is 0.592. The molecule has 0 saturated carbocycles. The third kappa shape index (κ3) is 4.17. The molecule has 0 radical (unpaired) electrons. The maximum absolute atomic E-state index is 5.95. The molecule has 1 aromatic heterocycles. The van der Waals surface area contributed by atoms with Gasteiger partial charge in [0.15, 0.2) is 0 Å². The largest absolute Gasteiger partial charge is 0.437 e. The highest BCUT2D eigenvalue weighted by atomic mass is 79.9. The van der Waals surface area contributed by atoms with Crippen LogP contribution in [0.1, 0.15) is 25.8 Å². The Kier molecular flexibility index (Phi) is 5.99. The van der Waals surface area contributed by atoms with Crippen LogP contribution in [0.3, 0.4) is 0 Å². The predicted octanol–water partition coefficient (Wildman–Crippen LogP) is 5.18. The van der Waals surface area contributed by atoms with E-state index in [1.54, 1.807) is 0 Å². The number of nitrogens with zero attached hydrogens (tertiary/aromatic N) is 2. The molecule has 112 valence electrons. The number of hydrogen-bond donors (Lipinski definition) is 1. The molecule has 4 nitrogen and oxygen atoms in total. The first-order valence-corrected chi connectivity index (χ1v) is 8.45. The molecule has 0 aliphatic heterocycles. The summed E-state index contributed by atoms with van der Waals surface area (Å²) in [5.41, 5.74) is 0.987. The van der Waals surface area contributed by atoms with Crippen molar-refractivity contribution in [2.24, 2.45) is 0 Å². The van der Waals surface area contributed by atoms with E-state index in [-0.39, 0.29) is 0 Å². The van der Waals surface area contributed by atoms with Crippen molar-refractivity contribution in [2.45, 2.75) is 26.7 Å². The average Bonchev–Trinajstić information content (AvgIpc) is 2.48. The van der Waals surface area contributed by atoms with Crippen LogP contribution in [0.15, 0.2) is 33.5 Å². The van der Waals surface area contributed by atoms with Gasteiger partial charge in [-0.3, -0.25) is 0 Å². The summed E-state index contributed by atoms with van der Waals surface area (Å²) in [5.74, 6) is 2.17.